The molecule has 6 atom stereocenters. The number of aromatic amines is 1. The van der Waals surface area contributed by atoms with E-state index >= 15 is 4.39 Å². The van der Waals surface area contributed by atoms with Crippen LogP contribution < -0.4 is 4.74 Å². The Morgan fingerprint density at radius 2 is 2.08 bits per heavy atom. The van der Waals surface area contributed by atoms with Gasteiger partial charge in [-0.2, -0.15) is 0 Å². The maximum Gasteiger partial charge on any atom is 0.132 e. The second-order valence-electron chi connectivity index (χ2n) is 12.2. The van der Waals surface area contributed by atoms with E-state index in [0.29, 0.717) is 30.0 Å². The Morgan fingerprint density at radius 1 is 1.19 bits per heavy atom. The molecule has 4 heterocycles. The van der Waals surface area contributed by atoms with E-state index in [1.807, 2.05) is 0 Å². The second-order valence-corrected chi connectivity index (χ2v) is 12.2. The number of H-pyrrole nitrogens is 1. The van der Waals surface area contributed by atoms with Crippen LogP contribution in [0.2, 0.25) is 0 Å². The van der Waals surface area contributed by atoms with Crippen molar-refractivity contribution in [3.63, 3.8) is 0 Å². The standard InChI is InChI=1S/C31H35F2N3O/c1-18-13-23-22-5-2-3-6-27(22)34-29(23)30-28-24(25-14-19-7-9-31(19,25)36(18)30)15-21(16-26(28)33)37-20-8-12-35(17-20)11-4-10-32/h2-3,5-6,15-16,18-20,25,30,34H,4,7-14,17H2,1H3/t18-,19?,20+,25?,30-,31?/m1/s1. The van der Waals surface area contributed by atoms with Gasteiger partial charge >= 0.3 is 0 Å². The lowest BCUT2D eigenvalue weighted by atomic mass is 9.42. The first-order valence-electron chi connectivity index (χ1n) is 14.2. The molecular formula is C31H35F2N3O. The van der Waals surface area contributed by atoms with Crippen molar-refractivity contribution in [2.75, 3.05) is 26.3 Å². The molecule has 37 heavy (non-hydrogen) atoms. The maximum atomic E-state index is 16.3. The zero-order chi connectivity index (χ0) is 24.9. The van der Waals surface area contributed by atoms with Crippen LogP contribution in [0.3, 0.4) is 0 Å². The fourth-order valence-electron chi connectivity index (χ4n) is 8.90. The molecule has 5 aliphatic rings. The molecule has 0 amide bonds. The summed E-state index contributed by atoms with van der Waals surface area (Å²) in [6, 6.07) is 12.7. The molecule has 2 aliphatic carbocycles. The molecule has 8 rings (SSSR count). The van der Waals surface area contributed by atoms with Crippen LogP contribution in [0.25, 0.3) is 10.9 Å². The number of likely N-dealkylation sites (tertiary alicyclic amines) is 1. The second kappa shape index (κ2) is 8.03. The van der Waals surface area contributed by atoms with Crippen molar-refractivity contribution < 1.29 is 13.5 Å². The summed E-state index contributed by atoms with van der Waals surface area (Å²) >= 11 is 0. The first-order valence-corrected chi connectivity index (χ1v) is 14.2. The third-order valence-corrected chi connectivity index (χ3v) is 10.5. The van der Waals surface area contributed by atoms with Crippen LogP contribution in [0.5, 0.6) is 5.75 Å². The largest absolute Gasteiger partial charge is 0.489 e. The van der Waals surface area contributed by atoms with E-state index in [2.05, 4.69) is 52.0 Å². The van der Waals surface area contributed by atoms with Crippen molar-refractivity contribution in [1.29, 1.82) is 0 Å². The van der Waals surface area contributed by atoms with E-state index in [1.165, 1.54) is 35.0 Å². The third-order valence-electron chi connectivity index (χ3n) is 10.5. The lowest BCUT2D eigenvalue weighted by Crippen LogP contribution is -2.75. The predicted octanol–water partition coefficient (Wildman–Crippen LogP) is 6.11. The van der Waals surface area contributed by atoms with Crippen molar-refractivity contribution in [3.8, 4) is 5.75 Å². The molecule has 1 saturated heterocycles. The topological polar surface area (TPSA) is 31.5 Å². The third kappa shape index (κ3) is 3.00. The number of rotatable bonds is 5. The number of fused-ring (bicyclic) bond motifs is 8. The van der Waals surface area contributed by atoms with Gasteiger partial charge in [0.15, 0.2) is 0 Å². The molecule has 2 aromatic carbocycles. The van der Waals surface area contributed by atoms with Gasteiger partial charge in [0.1, 0.15) is 17.7 Å². The van der Waals surface area contributed by atoms with Gasteiger partial charge in [0, 0.05) is 65.4 Å². The minimum atomic E-state index is -0.281. The molecule has 1 N–H and O–H groups in total. The fourth-order valence-corrected chi connectivity index (χ4v) is 8.90. The average molecular weight is 504 g/mol. The van der Waals surface area contributed by atoms with Gasteiger partial charge in [-0.05, 0) is 74.6 Å². The summed E-state index contributed by atoms with van der Waals surface area (Å²) in [6.45, 7) is 4.55. The minimum Gasteiger partial charge on any atom is -0.489 e. The summed E-state index contributed by atoms with van der Waals surface area (Å²) in [5, 5.41) is 1.28. The molecule has 6 heteroatoms. The smallest absolute Gasteiger partial charge is 0.132 e. The molecule has 4 nitrogen and oxygen atoms in total. The van der Waals surface area contributed by atoms with E-state index in [1.54, 1.807) is 6.07 Å². The summed E-state index contributed by atoms with van der Waals surface area (Å²) in [5.74, 6) is 1.63. The molecule has 3 fully saturated rings. The van der Waals surface area contributed by atoms with Gasteiger partial charge in [-0.1, -0.05) is 18.2 Å². The highest BCUT2D eigenvalue weighted by molar-refractivity contribution is 5.85. The van der Waals surface area contributed by atoms with Crippen molar-refractivity contribution in [2.24, 2.45) is 5.92 Å². The lowest BCUT2D eigenvalue weighted by Gasteiger charge is -2.74. The Labute approximate surface area is 217 Å². The van der Waals surface area contributed by atoms with E-state index in [9.17, 15) is 4.39 Å². The fraction of sp³-hybridized carbons (Fsp3) is 0.548. The Morgan fingerprint density at radius 3 is 2.89 bits per heavy atom. The molecule has 1 spiro atoms. The van der Waals surface area contributed by atoms with Crippen LogP contribution in [0.4, 0.5) is 8.78 Å². The van der Waals surface area contributed by atoms with Crippen molar-refractivity contribution >= 4 is 10.9 Å². The van der Waals surface area contributed by atoms with E-state index in [-0.39, 0.29) is 30.2 Å². The number of nitrogens with zero attached hydrogens (tertiary/aromatic N) is 2. The van der Waals surface area contributed by atoms with Crippen molar-refractivity contribution in [1.82, 2.24) is 14.8 Å². The van der Waals surface area contributed by atoms with Crippen LogP contribution in [0.15, 0.2) is 36.4 Å². The van der Waals surface area contributed by atoms with E-state index < -0.39 is 0 Å². The Bertz CT molecular complexity index is 1390. The van der Waals surface area contributed by atoms with Gasteiger partial charge in [0.05, 0.1) is 12.7 Å². The normalized spacial score (nSPS) is 34.1. The molecule has 0 bridgehead atoms. The quantitative estimate of drug-likeness (QED) is 0.456. The first-order chi connectivity index (χ1) is 18.1. The summed E-state index contributed by atoms with van der Waals surface area (Å²) in [6.07, 6.45) is 6.18. The number of aromatic nitrogens is 1. The highest BCUT2D eigenvalue weighted by Crippen LogP contribution is 2.71. The Balaban J connectivity index is 1.21. The zero-order valence-electron chi connectivity index (χ0n) is 21.5. The molecule has 194 valence electrons. The summed E-state index contributed by atoms with van der Waals surface area (Å²) in [5.41, 5.74) is 5.91. The number of hydrogen-bond acceptors (Lipinski definition) is 3. The highest BCUT2D eigenvalue weighted by atomic mass is 19.1. The summed E-state index contributed by atoms with van der Waals surface area (Å²) in [4.78, 5) is 8.73. The average Bonchev–Trinajstić information content (AvgIpc) is 3.49. The number of ether oxygens (including phenoxy) is 1. The SMILES string of the molecule is C[C@@H]1Cc2c([nH]c3ccccc23)[C@H]2c3c(F)cc(O[C@H]4CCN(CCCF)C4)cc3C3CC4CCC43N21. The number of benzene rings is 2. The van der Waals surface area contributed by atoms with Gasteiger partial charge < -0.3 is 9.72 Å². The monoisotopic (exact) mass is 503 g/mol. The van der Waals surface area contributed by atoms with Gasteiger partial charge in [-0.15, -0.1) is 0 Å². The van der Waals surface area contributed by atoms with Gasteiger partial charge in [0.25, 0.3) is 0 Å². The van der Waals surface area contributed by atoms with Crippen molar-refractivity contribution in [3.05, 3.63) is 64.6 Å². The number of halogens is 2. The molecule has 3 aromatic rings. The molecule has 0 radical (unpaired) electrons. The molecular weight excluding hydrogens is 468 g/mol. The predicted molar refractivity (Wildman–Crippen MR) is 140 cm³/mol. The zero-order valence-corrected chi connectivity index (χ0v) is 21.5. The van der Waals surface area contributed by atoms with Crippen molar-refractivity contribution in [2.45, 2.75) is 75.1 Å². The van der Waals surface area contributed by atoms with Crippen LogP contribution >= 0.6 is 0 Å². The lowest BCUT2D eigenvalue weighted by molar-refractivity contribution is -0.182. The first kappa shape index (κ1) is 22.5. The molecule has 2 saturated carbocycles. The van der Waals surface area contributed by atoms with E-state index in [4.69, 9.17) is 4.74 Å². The summed E-state index contributed by atoms with van der Waals surface area (Å²) < 4.78 is 35.3. The molecule has 3 unspecified atom stereocenters. The molecule has 1 aromatic heterocycles. The van der Waals surface area contributed by atoms with Gasteiger partial charge in [-0.25, -0.2) is 4.39 Å². The number of alkyl halides is 1. The van der Waals surface area contributed by atoms with Gasteiger partial charge in [-0.3, -0.25) is 14.2 Å². The Kier molecular flexibility index (Phi) is 4.89. The molecule has 3 aliphatic heterocycles. The Hall–Kier alpha value is -2.44. The highest BCUT2D eigenvalue weighted by Gasteiger charge is 2.69. The van der Waals surface area contributed by atoms with Crippen LogP contribution in [-0.4, -0.2) is 58.8 Å². The van der Waals surface area contributed by atoms with Crippen LogP contribution in [0.1, 0.15) is 73.4 Å². The summed E-state index contributed by atoms with van der Waals surface area (Å²) in [7, 11) is 0. The maximum absolute atomic E-state index is 16.3. The van der Waals surface area contributed by atoms with Gasteiger partial charge in [0.2, 0.25) is 0 Å². The number of para-hydroxylation sites is 1. The minimum absolute atomic E-state index is 0.0407. The van der Waals surface area contributed by atoms with E-state index in [0.717, 1.165) is 50.0 Å². The number of nitrogens with one attached hydrogen (secondary N) is 1. The number of hydrogen-bond donors (Lipinski definition) is 1. The van der Waals surface area contributed by atoms with Crippen LogP contribution in [0, 0.1) is 11.7 Å². The van der Waals surface area contributed by atoms with Crippen LogP contribution in [-0.2, 0) is 6.42 Å².